The summed E-state index contributed by atoms with van der Waals surface area (Å²) in [5.74, 6) is -0.959. The van der Waals surface area contributed by atoms with Gasteiger partial charge in [0.25, 0.3) is 11.7 Å². The minimum atomic E-state index is -0.687. The predicted molar refractivity (Wildman–Crippen MR) is 124 cm³/mol. The summed E-state index contributed by atoms with van der Waals surface area (Å²) in [7, 11) is 3.13. The Hall–Kier alpha value is -3.12. The van der Waals surface area contributed by atoms with Crippen LogP contribution < -0.4 is 4.74 Å². The Labute approximate surface area is 189 Å². The maximum atomic E-state index is 13.1. The van der Waals surface area contributed by atoms with Crippen molar-refractivity contribution >= 4 is 17.4 Å². The lowest BCUT2D eigenvalue weighted by Crippen LogP contribution is -2.31. The van der Waals surface area contributed by atoms with Crippen molar-refractivity contribution < 1.29 is 24.2 Å². The molecule has 1 fully saturated rings. The molecule has 2 aromatic rings. The van der Waals surface area contributed by atoms with Gasteiger partial charge in [0.15, 0.2) is 0 Å². The molecule has 2 aromatic carbocycles. The van der Waals surface area contributed by atoms with E-state index in [0.29, 0.717) is 30.9 Å². The predicted octanol–water partition coefficient (Wildman–Crippen LogP) is 4.45. The van der Waals surface area contributed by atoms with Crippen LogP contribution in [0.1, 0.15) is 49.9 Å². The van der Waals surface area contributed by atoms with Gasteiger partial charge in [0.1, 0.15) is 11.5 Å². The Morgan fingerprint density at radius 3 is 2.34 bits per heavy atom. The monoisotopic (exact) mass is 437 g/mol. The molecule has 0 saturated carbocycles. The van der Waals surface area contributed by atoms with Crippen LogP contribution in [0.15, 0.2) is 54.1 Å². The van der Waals surface area contributed by atoms with Crippen molar-refractivity contribution in [2.45, 2.75) is 38.6 Å². The first-order chi connectivity index (χ1) is 15.2. The summed E-state index contributed by atoms with van der Waals surface area (Å²) in [5, 5.41) is 11.1. The maximum Gasteiger partial charge on any atom is 0.295 e. The summed E-state index contributed by atoms with van der Waals surface area (Å²) >= 11 is 0. The van der Waals surface area contributed by atoms with E-state index in [2.05, 4.69) is 20.8 Å². The van der Waals surface area contributed by atoms with Crippen molar-refractivity contribution in [2.75, 3.05) is 27.4 Å². The molecular weight excluding hydrogens is 406 g/mol. The van der Waals surface area contributed by atoms with Gasteiger partial charge in [-0.2, -0.15) is 0 Å². The Morgan fingerprint density at radius 2 is 1.75 bits per heavy atom. The van der Waals surface area contributed by atoms with E-state index in [4.69, 9.17) is 9.47 Å². The van der Waals surface area contributed by atoms with Gasteiger partial charge in [0, 0.05) is 25.8 Å². The van der Waals surface area contributed by atoms with Gasteiger partial charge in [-0.15, -0.1) is 0 Å². The number of ketones is 1. The largest absolute Gasteiger partial charge is 0.507 e. The third kappa shape index (κ3) is 4.70. The smallest absolute Gasteiger partial charge is 0.295 e. The lowest BCUT2D eigenvalue weighted by molar-refractivity contribution is -0.140. The van der Waals surface area contributed by atoms with Crippen molar-refractivity contribution in [3.05, 3.63) is 70.8 Å². The van der Waals surface area contributed by atoms with Gasteiger partial charge in [-0.05, 0) is 35.1 Å². The molecule has 0 bridgehead atoms. The second-order valence-electron chi connectivity index (χ2n) is 8.94. The minimum Gasteiger partial charge on any atom is -0.507 e. The summed E-state index contributed by atoms with van der Waals surface area (Å²) in [6.07, 6.45) is 0.583. The van der Waals surface area contributed by atoms with Crippen LogP contribution in [-0.4, -0.2) is 49.1 Å². The summed E-state index contributed by atoms with van der Waals surface area (Å²) in [5.41, 5.74) is 2.41. The molecule has 3 rings (SSSR count). The molecule has 1 aliphatic heterocycles. The first-order valence-electron chi connectivity index (χ1n) is 10.7. The topological polar surface area (TPSA) is 76.1 Å². The second kappa shape index (κ2) is 9.57. The number of aliphatic hydroxyl groups excluding tert-OH is 1. The lowest BCUT2D eigenvalue weighted by Gasteiger charge is -2.26. The van der Waals surface area contributed by atoms with E-state index < -0.39 is 17.7 Å². The number of likely N-dealkylation sites (tertiary alicyclic amines) is 1. The second-order valence-corrected chi connectivity index (χ2v) is 8.94. The van der Waals surface area contributed by atoms with E-state index in [9.17, 15) is 14.7 Å². The summed E-state index contributed by atoms with van der Waals surface area (Å²) in [6, 6.07) is 14.0. The molecule has 1 amide bonds. The Bertz CT molecular complexity index is 1020. The molecule has 0 radical (unpaired) electrons. The molecule has 0 aliphatic carbocycles. The quantitative estimate of drug-likeness (QED) is 0.300. The molecule has 0 aromatic heterocycles. The number of carbonyl (C=O) groups excluding carboxylic acids is 2. The van der Waals surface area contributed by atoms with E-state index in [0.717, 1.165) is 11.1 Å². The molecule has 1 heterocycles. The zero-order chi connectivity index (χ0) is 23.5. The molecule has 170 valence electrons. The first-order valence-corrected chi connectivity index (χ1v) is 10.7. The number of methoxy groups -OCH3 is 2. The van der Waals surface area contributed by atoms with E-state index in [1.807, 2.05) is 24.3 Å². The third-order valence-electron chi connectivity index (χ3n) is 5.72. The zero-order valence-electron chi connectivity index (χ0n) is 19.3. The van der Waals surface area contributed by atoms with Crippen LogP contribution in [0.3, 0.4) is 0 Å². The van der Waals surface area contributed by atoms with Gasteiger partial charge in [-0.3, -0.25) is 9.59 Å². The zero-order valence-corrected chi connectivity index (χ0v) is 19.3. The standard InChI is InChI=1S/C26H31NO5/c1-26(2,3)19-12-10-17(11-13-19)22-21(23(28)18-8-6-9-20(16-18)32-5)24(29)25(30)27(22)14-7-15-31-4/h6,8-13,16,22,28H,7,14-15H2,1-5H3/b23-21+. The molecular formula is C26H31NO5. The van der Waals surface area contributed by atoms with Crippen LogP contribution >= 0.6 is 0 Å². The van der Waals surface area contributed by atoms with Crippen LogP contribution in [0.2, 0.25) is 0 Å². The minimum absolute atomic E-state index is 0.0284. The molecule has 1 saturated heterocycles. The number of amides is 1. The summed E-state index contributed by atoms with van der Waals surface area (Å²) in [4.78, 5) is 27.5. The van der Waals surface area contributed by atoms with E-state index in [-0.39, 0.29) is 16.7 Å². The highest BCUT2D eigenvalue weighted by molar-refractivity contribution is 6.46. The lowest BCUT2D eigenvalue weighted by atomic mass is 9.85. The van der Waals surface area contributed by atoms with Crippen molar-refractivity contribution in [3.8, 4) is 5.75 Å². The number of benzene rings is 2. The average molecular weight is 438 g/mol. The highest BCUT2D eigenvalue weighted by Gasteiger charge is 2.45. The third-order valence-corrected chi connectivity index (χ3v) is 5.72. The van der Waals surface area contributed by atoms with Crippen LogP contribution in [0, 0.1) is 0 Å². The summed E-state index contributed by atoms with van der Waals surface area (Å²) < 4.78 is 10.4. The van der Waals surface area contributed by atoms with E-state index >= 15 is 0 Å². The number of carbonyl (C=O) groups is 2. The Balaban J connectivity index is 2.12. The molecule has 32 heavy (non-hydrogen) atoms. The van der Waals surface area contributed by atoms with Gasteiger partial charge in [0.2, 0.25) is 0 Å². The van der Waals surface area contributed by atoms with Crippen LogP contribution in [-0.2, 0) is 19.7 Å². The first kappa shape index (κ1) is 23.5. The molecule has 6 nitrogen and oxygen atoms in total. The number of Topliss-reactive ketones (excluding diaryl/α,β-unsaturated/α-hetero) is 1. The summed E-state index contributed by atoms with van der Waals surface area (Å²) in [6.45, 7) is 7.19. The molecule has 0 spiro atoms. The van der Waals surface area contributed by atoms with Gasteiger partial charge >= 0.3 is 0 Å². The van der Waals surface area contributed by atoms with E-state index in [1.165, 1.54) is 12.0 Å². The fraction of sp³-hybridized carbons (Fsp3) is 0.385. The maximum absolute atomic E-state index is 13.1. The van der Waals surface area contributed by atoms with Crippen LogP contribution in [0.4, 0.5) is 0 Å². The Morgan fingerprint density at radius 1 is 1.06 bits per heavy atom. The average Bonchev–Trinajstić information content (AvgIpc) is 3.03. The number of nitrogens with zero attached hydrogens (tertiary/aromatic N) is 1. The highest BCUT2D eigenvalue weighted by Crippen LogP contribution is 2.40. The number of hydrogen-bond donors (Lipinski definition) is 1. The fourth-order valence-corrected chi connectivity index (χ4v) is 3.93. The molecule has 1 N–H and O–H groups in total. The number of rotatable bonds is 7. The van der Waals surface area contributed by atoms with Crippen molar-refractivity contribution in [3.63, 3.8) is 0 Å². The Kier molecular flexibility index (Phi) is 7.04. The molecule has 1 aliphatic rings. The molecule has 1 unspecified atom stereocenters. The highest BCUT2D eigenvalue weighted by atomic mass is 16.5. The van der Waals surface area contributed by atoms with Crippen LogP contribution in [0.25, 0.3) is 5.76 Å². The molecule has 1 atom stereocenters. The van der Waals surface area contributed by atoms with Crippen molar-refractivity contribution in [2.24, 2.45) is 0 Å². The molecule has 6 heteroatoms. The van der Waals surface area contributed by atoms with Crippen LogP contribution in [0.5, 0.6) is 5.75 Å². The normalized spacial score (nSPS) is 18.3. The van der Waals surface area contributed by atoms with Crippen molar-refractivity contribution in [1.29, 1.82) is 0 Å². The van der Waals surface area contributed by atoms with Gasteiger partial charge < -0.3 is 19.5 Å². The fourth-order valence-electron chi connectivity index (χ4n) is 3.93. The number of hydrogen-bond acceptors (Lipinski definition) is 5. The van der Waals surface area contributed by atoms with E-state index in [1.54, 1.807) is 31.4 Å². The van der Waals surface area contributed by atoms with Gasteiger partial charge in [0.05, 0.1) is 18.7 Å². The van der Waals surface area contributed by atoms with Gasteiger partial charge in [-0.1, -0.05) is 57.2 Å². The van der Waals surface area contributed by atoms with Crippen molar-refractivity contribution in [1.82, 2.24) is 4.90 Å². The van der Waals surface area contributed by atoms with Gasteiger partial charge in [-0.25, -0.2) is 0 Å². The SMILES string of the molecule is COCCCN1C(=O)C(=O)/C(=C(/O)c2cccc(OC)c2)C1c1ccc(C(C)(C)C)cc1. The number of aliphatic hydroxyl groups is 1. The number of ether oxygens (including phenoxy) is 2.